The van der Waals surface area contributed by atoms with Crippen LogP contribution < -0.4 is 4.90 Å². The van der Waals surface area contributed by atoms with Crippen LogP contribution in [0.4, 0.5) is 5.69 Å². The van der Waals surface area contributed by atoms with Crippen molar-refractivity contribution in [2.24, 2.45) is 0 Å². The van der Waals surface area contributed by atoms with Gasteiger partial charge in [-0.05, 0) is 24.3 Å². The number of para-hydroxylation sites is 1. The van der Waals surface area contributed by atoms with E-state index in [4.69, 9.17) is 11.6 Å². The third-order valence-corrected chi connectivity index (χ3v) is 7.10. The van der Waals surface area contributed by atoms with E-state index in [0.717, 1.165) is 11.1 Å². The van der Waals surface area contributed by atoms with Gasteiger partial charge in [0.25, 0.3) is 0 Å². The highest BCUT2D eigenvalue weighted by Crippen LogP contribution is 2.31. The number of rotatable bonds is 3. The van der Waals surface area contributed by atoms with E-state index in [1.165, 1.54) is 0 Å². The van der Waals surface area contributed by atoms with Gasteiger partial charge < -0.3 is 4.90 Å². The van der Waals surface area contributed by atoms with Crippen molar-refractivity contribution >= 4 is 38.1 Å². The van der Waals surface area contributed by atoms with E-state index in [-0.39, 0.29) is 0 Å². The Kier molecular flexibility index (Phi) is 4.61. The summed E-state index contributed by atoms with van der Waals surface area (Å²) in [6.45, 7) is 2.28. The third kappa shape index (κ3) is 3.07. The summed E-state index contributed by atoms with van der Waals surface area (Å²) in [5.74, 6) is 0. The molecule has 0 N–H and O–H groups in total. The molecule has 0 bridgehead atoms. The zero-order valence-corrected chi connectivity index (χ0v) is 15.7. The standard InChI is InChI=1S/C20H19ClN2O2S/c21-19-10-11-20(18-9-5-4-8-17(18)19)26(24,25)23-14-12-22(13-15-23)16-6-2-1-3-7-16/h1-11H,12-15H2. The maximum Gasteiger partial charge on any atom is 0.243 e. The van der Waals surface area contributed by atoms with Crippen molar-refractivity contribution in [1.29, 1.82) is 0 Å². The number of hydrogen-bond acceptors (Lipinski definition) is 3. The van der Waals surface area contributed by atoms with Crippen LogP contribution in [-0.4, -0.2) is 38.9 Å². The van der Waals surface area contributed by atoms with E-state index in [9.17, 15) is 8.42 Å². The second-order valence-electron chi connectivity index (χ2n) is 6.32. The van der Waals surface area contributed by atoms with E-state index in [1.54, 1.807) is 16.4 Å². The van der Waals surface area contributed by atoms with Gasteiger partial charge in [0.1, 0.15) is 0 Å². The maximum atomic E-state index is 13.2. The number of halogens is 1. The summed E-state index contributed by atoms with van der Waals surface area (Å²) in [5, 5.41) is 2.00. The minimum atomic E-state index is -3.56. The third-order valence-electron chi connectivity index (χ3n) is 4.81. The Balaban J connectivity index is 1.62. The van der Waals surface area contributed by atoms with Crippen LogP contribution in [0.15, 0.2) is 71.6 Å². The molecule has 1 fully saturated rings. The Hall–Kier alpha value is -2.08. The zero-order valence-electron chi connectivity index (χ0n) is 14.2. The molecule has 4 nitrogen and oxygen atoms in total. The number of anilines is 1. The quantitative estimate of drug-likeness (QED) is 0.683. The van der Waals surface area contributed by atoms with Gasteiger partial charge in [-0.1, -0.05) is 54.1 Å². The van der Waals surface area contributed by atoms with Gasteiger partial charge in [0.15, 0.2) is 0 Å². The first-order valence-electron chi connectivity index (χ1n) is 8.55. The van der Waals surface area contributed by atoms with E-state index < -0.39 is 10.0 Å². The Morgan fingerprint density at radius 2 is 1.35 bits per heavy atom. The monoisotopic (exact) mass is 386 g/mol. The smallest absolute Gasteiger partial charge is 0.243 e. The normalized spacial score (nSPS) is 16.1. The summed E-state index contributed by atoms with van der Waals surface area (Å²) in [4.78, 5) is 2.54. The van der Waals surface area contributed by atoms with Crippen LogP contribution in [0, 0.1) is 0 Å². The summed E-state index contributed by atoms with van der Waals surface area (Å²) >= 11 is 6.24. The fourth-order valence-corrected chi connectivity index (χ4v) is 5.27. The predicted molar refractivity (Wildman–Crippen MR) is 106 cm³/mol. The second kappa shape index (κ2) is 6.91. The van der Waals surface area contributed by atoms with Crippen LogP contribution >= 0.6 is 11.6 Å². The van der Waals surface area contributed by atoms with Crippen LogP contribution in [0.3, 0.4) is 0 Å². The molecule has 0 saturated carbocycles. The minimum Gasteiger partial charge on any atom is -0.369 e. The molecular weight excluding hydrogens is 368 g/mol. The summed E-state index contributed by atoms with van der Waals surface area (Å²) in [6.07, 6.45) is 0. The highest BCUT2D eigenvalue weighted by atomic mass is 35.5. The first kappa shape index (κ1) is 17.3. The lowest BCUT2D eigenvalue weighted by atomic mass is 10.1. The van der Waals surface area contributed by atoms with Gasteiger partial charge in [-0.25, -0.2) is 8.42 Å². The number of piperazine rings is 1. The first-order valence-corrected chi connectivity index (χ1v) is 10.4. The summed E-state index contributed by atoms with van der Waals surface area (Å²) in [7, 11) is -3.56. The van der Waals surface area contributed by atoms with Crippen molar-refractivity contribution in [2.75, 3.05) is 31.1 Å². The molecule has 3 aromatic carbocycles. The number of sulfonamides is 1. The number of benzene rings is 3. The van der Waals surface area contributed by atoms with E-state index in [2.05, 4.69) is 17.0 Å². The van der Waals surface area contributed by atoms with Crippen molar-refractivity contribution in [3.05, 3.63) is 71.8 Å². The van der Waals surface area contributed by atoms with Crippen LogP contribution in [-0.2, 0) is 10.0 Å². The van der Waals surface area contributed by atoms with Gasteiger partial charge in [-0.15, -0.1) is 0 Å². The van der Waals surface area contributed by atoms with Gasteiger partial charge >= 0.3 is 0 Å². The molecule has 4 rings (SSSR count). The molecule has 1 saturated heterocycles. The highest BCUT2D eigenvalue weighted by Gasteiger charge is 2.30. The van der Waals surface area contributed by atoms with Crippen molar-refractivity contribution in [2.45, 2.75) is 4.90 Å². The van der Waals surface area contributed by atoms with Gasteiger partial charge in [-0.2, -0.15) is 4.31 Å². The molecule has 0 aliphatic carbocycles. The molecular formula is C20H19ClN2O2S. The van der Waals surface area contributed by atoms with Gasteiger partial charge in [0.05, 0.1) is 4.90 Å². The van der Waals surface area contributed by atoms with Crippen molar-refractivity contribution < 1.29 is 8.42 Å². The Morgan fingerprint density at radius 1 is 0.731 bits per heavy atom. The van der Waals surface area contributed by atoms with Crippen LogP contribution in [0.1, 0.15) is 0 Å². The first-order chi connectivity index (χ1) is 12.6. The molecule has 3 aromatic rings. The van der Waals surface area contributed by atoms with Gasteiger partial charge in [-0.3, -0.25) is 0 Å². The van der Waals surface area contributed by atoms with Crippen LogP contribution in [0.2, 0.25) is 5.02 Å². The van der Waals surface area contributed by atoms with Crippen molar-refractivity contribution in [3.63, 3.8) is 0 Å². The molecule has 0 spiro atoms. The molecule has 134 valence electrons. The molecule has 1 aliphatic heterocycles. The Labute approximate surface area is 158 Å². The molecule has 0 unspecified atom stereocenters. The molecule has 0 atom stereocenters. The molecule has 1 heterocycles. The summed E-state index contributed by atoms with van der Waals surface area (Å²) < 4.78 is 28.0. The van der Waals surface area contributed by atoms with Crippen LogP contribution in [0.5, 0.6) is 0 Å². The Bertz CT molecular complexity index is 1030. The maximum absolute atomic E-state index is 13.2. The van der Waals surface area contributed by atoms with E-state index in [1.807, 2.05) is 42.5 Å². The fourth-order valence-electron chi connectivity index (χ4n) is 3.42. The molecule has 6 heteroatoms. The molecule has 1 aliphatic rings. The van der Waals surface area contributed by atoms with Crippen molar-refractivity contribution in [3.8, 4) is 0 Å². The molecule has 26 heavy (non-hydrogen) atoms. The largest absolute Gasteiger partial charge is 0.369 e. The topological polar surface area (TPSA) is 40.6 Å². The highest BCUT2D eigenvalue weighted by molar-refractivity contribution is 7.89. The lowest BCUT2D eigenvalue weighted by molar-refractivity contribution is 0.385. The predicted octanol–water partition coefficient (Wildman–Crippen LogP) is 4.00. The summed E-state index contributed by atoms with van der Waals surface area (Å²) in [6, 6.07) is 20.7. The summed E-state index contributed by atoms with van der Waals surface area (Å²) in [5.41, 5.74) is 1.13. The number of hydrogen-bond donors (Lipinski definition) is 0. The number of fused-ring (bicyclic) bond motifs is 1. The van der Waals surface area contributed by atoms with Gasteiger partial charge in [0, 0.05) is 47.7 Å². The average Bonchev–Trinajstić information content (AvgIpc) is 2.69. The zero-order chi connectivity index (χ0) is 18.1. The average molecular weight is 387 g/mol. The van der Waals surface area contributed by atoms with E-state index in [0.29, 0.717) is 41.5 Å². The minimum absolute atomic E-state index is 0.325. The van der Waals surface area contributed by atoms with Gasteiger partial charge in [0.2, 0.25) is 10.0 Å². The lowest BCUT2D eigenvalue weighted by Gasteiger charge is -2.35. The molecule has 0 aromatic heterocycles. The van der Waals surface area contributed by atoms with Crippen LogP contribution in [0.25, 0.3) is 10.8 Å². The Morgan fingerprint density at radius 3 is 2.04 bits per heavy atom. The van der Waals surface area contributed by atoms with Crippen molar-refractivity contribution in [1.82, 2.24) is 4.31 Å². The molecule has 0 amide bonds. The SMILES string of the molecule is O=S(=O)(c1ccc(Cl)c2ccccc12)N1CCN(c2ccccc2)CC1. The van der Waals surface area contributed by atoms with E-state index >= 15 is 0 Å². The fraction of sp³-hybridized carbons (Fsp3) is 0.200. The second-order valence-corrected chi connectivity index (χ2v) is 8.63. The molecule has 0 radical (unpaired) electrons. The lowest BCUT2D eigenvalue weighted by Crippen LogP contribution is -2.48. The number of nitrogens with zero attached hydrogens (tertiary/aromatic N) is 2.